The summed E-state index contributed by atoms with van der Waals surface area (Å²) in [4.78, 5) is 21.6. The third-order valence-corrected chi connectivity index (χ3v) is 2.11. The maximum Gasteiger partial charge on any atom is 0.466 e. The number of nitrogens with one attached hydrogen (secondary N) is 1. The molecule has 0 radical (unpaired) electrons. The minimum absolute atomic E-state index is 1.02. The van der Waals surface area contributed by atoms with E-state index >= 15 is 0 Å². The summed E-state index contributed by atoms with van der Waals surface area (Å²) in [5, 5.41) is 0. The van der Waals surface area contributed by atoms with E-state index < -0.39 is 7.82 Å². The molecule has 0 aliphatic rings. The van der Waals surface area contributed by atoms with Crippen LogP contribution in [0.3, 0.4) is 0 Å². The lowest BCUT2D eigenvalue weighted by Gasteiger charge is -2.08. The molecule has 0 aromatic heterocycles. The maximum atomic E-state index is 8.88. The number of hydrazine groups is 1. The van der Waals surface area contributed by atoms with Gasteiger partial charge in [-0.3, -0.25) is 5.84 Å². The van der Waals surface area contributed by atoms with Crippen molar-refractivity contribution in [3.05, 3.63) is 29.3 Å². The molecule has 0 heterocycles. The molecule has 0 aliphatic heterocycles. The standard InChI is InChI=1S/C10H16N2.H3O4P/c1-3-8-5-6-10(12-11)9(4-2)7-8;1-5(2,3)4/h5-7,12H,3-4,11H2,1-2H3;(H3,1,2,3,4). The van der Waals surface area contributed by atoms with Gasteiger partial charge in [-0.15, -0.1) is 0 Å². The first-order chi connectivity index (χ1) is 7.81. The fourth-order valence-electron chi connectivity index (χ4n) is 1.30. The first kappa shape index (κ1) is 16.1. The molecular weight excluding hydrogens is 243 g/mol. The fraction of sp³-hybridized carbons (Fsp3) is 0.400. The molecule has 1 aromatic carbocycles. The van der Waals surface area contributed by atoms with Crippen molar-refractivity contribution in [1.82, 2.24) is 0 Å². The van der Waals surface area contributed by atoms with Crippen molar-refractivity contribution in [2.24, 2.45) is 5.84 Å². The number of aryl methyl sites for hydroxylation is 2. The maximum absolute atomic E-state index is 8.88. The molecule has 6 nitrogen and oxygen atoms in total. The second kappa shape index (κ2) is 7.42. The molecule has 17 heavy (non-hydrogen) atoms. The van der Waals surface area contributed by atoms with Gasteiger partial charge in [-0.2, -0.15) is 0 Å². The molecule has 0 unspecified atom stereocenters. The molecule has 7 heteroatoms. The first-order valence-corrected chi connectivity index (χ1v) is 6.75. The lowest BCUT2D eigenvalue weighted by atomic mass is 10.1. The number of anilines is 1. The van der Waals surface area contributed by atoms with Crippen LogP contribution in [-0.4, -0.2) is 14.7 Å². The van der Waals surface area contributed by atoms with Crippen molar-refractivity contribution >= 4 is 13.5 Å². The Hall–Kier alpha value is -0.910. The molecule has 0 spiro atoms. The zero-order valence-corrected chi connectivity index (χ0v) is 10.8. The van der Waals surface area contributed by atoms with Crippen molar-refractivity contribution in [1.29, 1.82) is 0 Å². The van der Waals surface area contributed by atoms with E-state index in [2.05, 4.69) is 31.4 Å². The van der Waals surface area contributed by atoms with Crippen LogP contribution in [0.15, 0.2) is 18.2 Å². The monoisotopic (exact) mass is 262 g/mol. The summed E-state index contributed by atoms with van der Waals surface area (Å²) in [6.45, 7) is 4.29. The van der Waals surface area contributed by atoms with Gasteiger partial charge in [0.25, 0.3) is 0 Å². The Bertz CT molecular complexity index is 384. The van der Waals surface area contributed by atoms with Crippen LogP contribution >= 0.6 is 7.82 Å². The van der Waals surface area contributed by atoms with Crippen molar-refractivity contribution in [2.45, 2.75) is 26.7 Å². The molecule has 0 aliphatic carbocycles. The summed E-state index contributed by atoms with van der Waals surface area (Å²) in [6.07, 6.45) is 2.10. The van der Waals surface area contributed by atoms with Crippen LogP contribution in [0.4, 0.5) is 5.69 Å². The second-order valence-electron chi connectivity index (χ2n) is 3.36. The van der Waals surface area contributed by atoms with Crippen LogP contribution in [-0.2, 0) is 17.4 Å². The van der Waals surface area contributed by atoms with Gasteiger partial charge in [-0.1, -0.05) is 26.0 Å². The molecule has 0 saturated carbocycles. The summed E-state index contributed by atoms with van der Waals surface area (Å²) in [5.74, 6) is 5.37. The number of hydrogen-bond donors (Lipinski definition) is 5. The zero-order valence-electron chi connectivity index (χ0n) is 9.92. The van der Waals surface area contributed by atoms with Crippen LogP contribution in [0.25, 0.3) is 0 Å². The van der Waals surface area contributed by atoms with Crippen LogP contribution in [0.2, 0.25) is 0 Å². The van der Waals surface area contributed by atoms with E-state index in [4.69, 9.17) is 25.1 Å². The van der Waals surface area contributed by atoms with E-state index in [0.29, 0.717) is 0 Å². The smallest absolute Gasteiger partial charge is 0.324 e. The van der Waals surface area contributed by atoms with Crippen LogP contribution in [0.1, 0.15) is 25.0 Å². The highest BCUT2D eigenvalue weighted by atomic mass is 31.2. The predicted molar refractivity (Wildman–Crippen MR) is 67.3 cm³/mol. The molecule has 98 valence electrons. The highest BCUT2D eigenvalue weighted by Crippen LogP contribution is 2.25. The van der Waals surface area contributed by atoms with Gasteiger partial charge in [0.15, 0.2) is 0 Å². The molecule has 0 saturated heterocycles. The number of rotatable bonds is 3. The Balaban J connectivity index is 0.000000437. The van der Waals surface area contributed by atoms with Gasteiger partial charge in [-0.25, -0.2) is 4.57 Å². The topological polar surface area (TPSA) is 116 Å². The normalized spacial score (nSPS) is 10.5. The van der Waals surface area contributed by atoms with Crippen molar-refractivity contribution in [3.63, 3.8) is 0 Å². The number of nitrogens with two attached hydrogens (primary N) is 1. The van der Waals surface area contributed by atoms with Crippen molar-refractivity contribution in [2.75, 3.05) is 5.43 Å². The number of nitrogen functional groups attached to an aromatic ring is 1. The molecule has 0 bridgehead atoms. The molecule has 0 amide bonds. The van der Waals surface area contributed by atoms with Crippen molar-refractivity contribution < 1.29 is 19.2 Å². The van der Waals surface area contributed by atoms with Crippen molar-refractivity contribution in [3.8, 4) is 0 Å². The number of benzene rings is 1. The van der Waals surface area contributed by atoms with E-state index in [1.165, 1.54) is 11.1 Å². The van der Waals surface area contributed by atoms with Gasteiger partial charge in [0.05, 0.1) is 5.69 Å². The average molecular weight is 262 g/mol. The third kappa shape index (κ3) is 7.90. The third-order valence-electron chi connectivity index (χ3n) is 2.11. The Morgan fingerprint density at radius 3 is 2.12 bits per heavy atom. The molecular formula is C10H19N2O4P. The van der Waals surface area contributed by atoms with Crippen LogP contribution in [0.5, 0.6) is 0 Å². The Morgan fingerprint density at radius 2 is 1.76 bits per heavy atom. The second-order valence-corrected chi connectivity index (χ2v) is 4.38. The van der Waals surface area contributed by atoms with E-state index in [1.807, 2.05) is 6.07 Å². The summed E-state index contributed by atoms with van der Waals surface area (Å²) in [7, 11) is -4.64. The van der Waals surface area contributed by atoms with Gasteiger partial charge >= 0.3 is 7.82 Å². The summed E-state index contributed by atoms with van der Waals surface area (Å²) < 4.78 is 8.88. The summed E-state index contributed by atoms with van der Waals surface area (Å²) in [6, 6.07) is 6.35. The Morgan fingerprint density at radius 1 is 1.24 bits per heavy atom. The largest absolute Gasteiger partial charge is 0.466 e. The van der Waals surface area contributed by atoms with Crippen LogP contribution in [0, 0.1) is 0 Å². The zero-order chi connectivity index (χ0) is 13.5. The highest BCUT2D eigenvalue weighted by Gasteiger charge is 2.00. The van der Waals surface area contributed by atoms with Gasteiger partial charge in [0.2, 0.25) is 0 Å². The lowest BCUT2D eigenvalue weighted by Crippen LogP contribution is -2.09. The Labute approximate surface area is 101 Å². The molecule has 6 N–H and O–H groups in total. The lowest BCUT2D eigenvalue weighted by molar-refractivity contribution is 0.275. The minimum atomic E-state index is -4.64. The Kier molecular flexibility index (Phi) is 7.03. The quantitative estimate of drug-likeness (QED) is 0.317. The van der Waals surface area contributed by atoms with E-state index in [1.54, 1.807) is 0 Å². The average Bonchev–Trinajstić information content (AvgIpc) is 2.25. The minimum Gasteiger partial charge on any atom is -0.324 e. The molecule has 0 atom stereocenters. The van der Waals surface area contributed by atoms with Gasteiger partial charge in [0.1, 0.15) is 0 Å². The molecule has 1 aromatic rings. The first-order valence-electron chi connectivity index (χ1n) is 5.18. The fourth-order valence-corrected chi connectivity index (χ4v) is 1.30. The summed E-state index contributed by atoms with van der Waals surface area (Å²) in [5.41, 5.74) is 6.39. The van der Waals surface area contributed by atoms with Gasteiger partial charge in [-0.05, 0) is 30.0 Å². The number of phosphoric acid groups is 1. The van der Waals surface area contributed by atoms with E-state index in [0.717, 1.165) is 18.5 Å². The predicted octanol–water partition coefficient (Wildman–Crippen LogP) is 1.17. The molecule has 1 rings (SSSR count). The molecule has 0 fully saturated rings. The highest BCUT2D eigenvalue weighted by molar-refractivity contribution is 7.45. The summed E-state index contributed by atoms with van der Waals surface area (Å²) >= 11 is 0. The van der Waals surface area contributed by atoms with E-state index in [-0.39, 0.29) is 0 Å². The SMILES string of the molecule is CCc1ccc(NN)c(CC)c1.O=P(O)(O)O. The van der Waals surface area contributed by atoms with E-state index in [9.17, 15) is 0 Å². The van der Waals surface area contributed by atoms with Crippen LogP contribution < -0.4 is 11.3 Å². The van der Waals surface area contributed by atoms with Gasteiger partial charge in [0, 0.05) is 0 Å². The van der Waals surface area contributed by atoms with Gasteiger partial charge < -0.3 is 20.1 Å². The number of hydrogen-bond acceptors (Lipinski definition) is 3.